The van der Waals surface area contributed by atoms with Crippen molar-refractivity contribution in [1.82, 2.24) is 9.80 Å². The summed E-state index contributed by atoms with van der Waals surface area (Å²) in [5.41, 5.74) is 0.923. The van der Waals surface area contributed by atoms with Gasteiger partial charge in [0.25, 0.3) is 5.91 Å². The van der Waals surface area contributed by atoms with Crippen LogP contribution in [-0.2, 0) is 30.5 Å². The van der Waals surface area contributed by atoms with Crippen molar-refractivity contribution in [3.8, 4) is 0 Å². The van der Waals surface area contributed by atoms with Crippen molar-refractivity contribution in [2.45, 2.75) is 64.7 Å². The van der Waals surface area contributed by atoms with Crippen LogP contribution in [0.3, 0.4) is 0 Å². The first-order chi connectivity index (χ1) is 15.6. The standard InChI is InChI=1S/C25H28N2O6/c1-25(2,3)33-24(31)27-21(28)12-11-20(23(27)30)26-19-10-9-18(13-17(19)14-22(26)29)32-15-16-7-5-4-6-8-16/h4-10,17,20H,11-15H2,1-3H3. The van der Waals surface area contributed by atoms with Crippen LogP contribution in [0.4, 0.5) is 4.79 Å². The number of imide groups is 3. The van der Waals surface area contributed by atoms with Crippen LogP contribution in [0.5, 0.6) is 0 Å². The summed E-state index contributed by atoms with van der Waals surface area (Å²) in [6.07, 6.45) is 3.59. The third kappa shape index (κ3) is 4.84. The summed E-state index contributed by atoms with van der Waals surface area (Å²) < 4.78 is 11.2. The number of allylic oxidation sites excluding steroid dienone is 4. The van der Waals surface area contributed by atoms with E-state index in [4.69, 9.17) is 9.47 Å². The number of piperidine rings is 1. The molecule has 1 aromatic rings. The lowest BCUT2D eigenvalue weighted by Gasteiger charge is -2.36. The highest BCUT2D eigenvalue weighted by Crippen LogP contribution is 2.40. The lowest BCUT2D eigenvalue weighted by molar-refractivity contribution is -0.153. The minimum absolute atomic E-state index is 0.0152. The second kappa shape index (κ2) is 8.84. The molecule has 1 aliphatic carbocycles. The molecule has 0 bridgehead atoms. The van der Waals surface area contributed by atoms with Gasteiger partial charge in [0.1, 0.15) is 18.2 Å². The van der Waals surface area contributed by atoms with E-state index in [0.29, 0.717) is 17.9 Å². The summed E-state index contributed by atoms with van der Waals surface area (Å²) in [5, 5.41) is 0. The number of ether oxygens (including phenoxy) is 2. The van der Waals surface area contributed by atoms with Gasteiger partial charge in [-0.3, -0.25) is 14.4 Å². The highest BCUT2D eigenvalue weighted by molar-refractivity contribution is 6.13. The molecule has 2 heterocycles. The van der Waals surface area contributed by atoms with E-state index in [2.05, 4.69) is 0 Å². The van der Waals surface area contributed by atoms with Crippen LogP contribution in [0.2, 0.25) is 0 Å². The molecular weight excluding hydrogens is 424 g/mol. The number of hydrogen-bond acceptors (Lipinski definition) is 6. The maximum atomic E-state index is 13.1. The molecule has 174 valence electrons. The second-order valence-corrected chi connectivity index (χ2v) is 9.47. The quantitative estimate of drug-likeness (QED) is 0.647. The number of rotatable bonds is 4. The summed E-state index contributed by atoms with van der Waals surface area (Å²) in [6.45, 7) is 5.42. The zero-order valence-corrected chi connectivity index (χ0v) is 19.1. The van der Waals surface area contributed by atoms with Gasteiger partial charge in [-0.25, -0.2) is 4.79 Å². The van der Waals surface area contributed by atoms with Crippen molar-refractivity contribution in [3.63, 3.8) is 0 Å². The van der Waals surface area contributed by atoms with Crippen LogP contribution < -0.4 is 0 Å². The molecule has 2 unspecified atom stereocenters. The van der Waals surface area contributed by atoms with E-state index in [-0.39, 0.29) is 31.1 Å². The van der Waals surface area contributed by atoms with Gasteiger partial charge < -0.3 is 14.4 Å². The maximum Gasteiger partial charge on any atom is 0.424 e. The van der Waals surface area contributed by atoms with Gasteiger partial charge in [-0.05, 0) is 44.9 Å². The second-order valence-electron chi connectivity index (χ2n) is 9.47. The number of hydrogen-bond donors (Lipinski definition) is 0. The number of likely N-dealkylation sites (tertiary alicyclic amines) is 2. The zero-order valence-electron chi connectivity index (χ0n) is 19.1. The molecule has 0 radical (unpaired) electrons. The molecule has 3 aliphatic rings. The predicted molar refractivity (Wildman–Crippen MR) is 118 cm³/mol. The SMILES string of the molecule is CC(C)(C)OC(=O)N1C(=O)CCC(N2C(=O)CC3CC(OCc4ccccc4)=CC=C32)C1=O. The first-order valence-corrected chi connectivity index (χ1v) is 11.1. The number of fused-ring (bicyclic) bond motifs is 1. The summed E-state index contributed by atoms with van der Waals surface area (Å²) in [6, 6.07) is 8.91. The number of amides is 4. The summed E-state index contributed by atoms with van der Waals surface area (Å²) >= 11 is 0. The van der Waals surface area contributed by atoms with E-state index >= 15 is 0 Å². The van der Waals surface area contributed by atoms with E-state index < -0.39 is 29.6 Å². The molecule has 0 spiro atoms. The smallest absolute Gasteiger partial charge is 0.424 e. The Morgan fingerprint density at radius 3 is 2.45 bits per heavy atom. The van der Waals surface area contributed by atoms with Crippen molar-refractivity contribution < 1.29 is 28.7 Å². The Balaban J connectivity index is 1.50. The maximum absolute atomic E-state index is 13.1. The molecule has 8 nitrogen and oxygen atoms in total. The van der Waals surface area contributed by atoms with E-state index in [0.717, 1.165) is 17.0 Å². The zero-order chi connectivity index (χ0) is 23.8. The van der Waals surface area contributed by atoms with Gasteiger partial charge in [0.05, 0.1) is 5.76 Å². The van der Waals surface area contributed by atoms with Crippen molar-refractivity contribution in [2.75, 3.05) is 0 Å². The van der Waals surface area contributed by atoms with Crippen molar-refractivity contribution in [2.24, 2.45) is 5.92 Å². The molecule has 4 amide bonds. The van der Waals surface area contributed by atoms with Crippen LogP contribution in [0, 0.1) is 5.92 Å². The first kappa shape index (κ1) is 22.8. The molecule has 4 rings (SSSR count). The third-order valence-corrected chi connectivity index (χ3v) is 5.82. The Labute approximate surface area is 192 Å². The molecule has 0 N–H and O–H groups in total. The number of nitrogens with zero attached hydrogens (tertiary/aromatic N) is 2. The summed E-state index contributed by atoms with van der Waals surface area (Å²) in [7, 11) is 0. The van der Waals surface area contributed by atoms with Crippen LogP contribution in [0.1, 0.15) is 52.0 Å². The van der Waals surface area contributed by atoms with E-state index in [1.165, 1.54) is 4.90 Å². The first-order valence-electron chi connectivity index (χ1n) is 11.1. The van der Waals surface area contributed by atoms with Gasteiger partial charge in [-0.15, -0.1) is 0 Å². The molecular formula is C25H28N2O6. The van der Waals surface area contributed by atoms with E-state index in [1.54, 1.807) is 26.8 Å². The molecule has 8 heteroatoms. The highest BCUT2D eigenvalue weighted by atomic mass is 16.6. The Bertz CT molecular complexity index is 1040. The third-order valence-electron chi connectivity index (χ3n) is 5.82. The molecule has 0 aromatic heterocycles. The van der Waals surface area contributed by atoms with Crippen LogP contribution in [0.15, 0.2) is 53.9 Å². The molecule has 2 saturated heterocycles. The molecule has 2 atom stereocenters. The summed E-state index contributed by atoms with van der Waals surface area (Å²) in [5.74, 6) is -0.842. The monoisotopic (exact) mass is 452 g/mol. The van der Waals surface area contributed by atoms with Gasteiger partial charge in [-0.1, -0.05) is 30.3 Å². The van der Waals surface area contributed by atoms with Crippen LogP contribution >= 0.6 is 0 Å². The topological polar surface area (TPSA) is 93.2 Å². The van der Waals surface area contributed by atoms with Crippen LogP contribution in [-0.4, -0.2) is 45.3 Å². The molecule has 2 fully saturated rings. The predicted octanol–water partition coefficient (Wildman–Crippen LogP) is 3.68. The minimum Gasteiger partial charge on any atom is -0.493 e. The molecule has 0 saturated carbocycles. The van der Waals surface area contributed by atoms with Crippen molar-refractivity contribution >= 4 is 23.8 Å². The van der Waals surface area contributed by atoms with E-state index in [9.17, 15) is 19.2 Å². The number of carbonyl (C=O) groups is 4. The van der Waals surface area contributed by atoms with Gasteiger partial charge >= 0.3 is 6.09 Å². The lowest BCUT2D eigenvalue weighted by Crippen LogP contribution is -2.57. The fourth-order valence-electron chi connectivity index (χ4n) is 4.35. The van der Waals surface area contributed by atoms with Gasteiger partial charge in [0.15, 0.2) is 0 Å². The highest BCUT2D eigenvalue weighted by Gasteiger charge is 2.49. The Morgan fingerprint density at radius 1 is 1.03 bits per heavy atom. The van der Waals surface area contributed by atoms with Gasteiger partial charge in [0.2, 0.25) is 11.8 Å². The Hall–Kier alpha value is -3.42. The largest absolute Gasteiger partial charge is 0.493 e. The fourth-order valence-corrected chi connectivity index (χ4v) is 4.35. The Kier molecular flexibility index (Phi) is 6.10. The van der Waals surface area contributed by atoms with Gasteiger partial charge in [0, 0.05) is 30.9 Å². The van der Waals surface area contributed by atoms with Gasteiger partial charge in [-0.2, -0.15) is 4.90 Å². The molecule has 1 aromatic carbocycles. The number of carbonyl (C=O) groups excluding carboxylic acids is 4. The minimum atomic E-state index is -1.00. The normalized spacial score (nSPS) is 23.2. The van der Waals surface area contributed by atoms with Crippen LogP contribution in [0.25, 0.3) is 0 Å². The Morgan fingerprint density at radius 2 is 1.76 bits per heavy atom. The van der Waals surface area contributed by atoms with Crippen molar-refractivity contribution in [1.29, 1.82) is 0 Å². The lowest BCUT2D eigenvalue weighted by atomic mass is 9.94. The fraction of sp³-hybridized carbons (Fsp3) is 0.440. The van der Waals surface area contributed by atoms with E-state index in [1.807, 2.05) is 36.4 Å². The molecule has 33 heavy (non-hydrogen) atoms. The summed E-state index contributed by atoms with van der Waals surface area (Å²) in [4.78, 5) is 52.9. The average Bonchev–Trinajstić information content (AvgIpc) is 3.07. The molecule has 2 aliphatic heterocycles. The van der Waals surface area contributed by atoms with Crippen molar-refractivity contribution in [3.05, 3.63) is 59.5 Å². The average molecular weight is 453 g/mol. The number of benzene rings is 1.